The molecular weight excluding hydrogens is 271 g/mol. The van der Waals surface area contributed by atoms with E-state index in [1.165, 1.54) is 0 Å². The molecule has 0 bridgehead atoms. The van der Waals surface area contributed by atoms with Crippen LogP contribution in [0.4, 0.5) is 17.5 Å². The molecule has 0 unspecified atom stereocenters. The van der Waals surface area contributed by atoms with Crippen molar-refractivity contribution in [2.45, 2.75) is 13.8 Å². The molecule has 0 aliphatic heterocycles. The largest absolute Gasteiger partial charge is 0.368 e. The number of aromatic nitrogens is 2. The quantitative estimate of drug-likeness (QED) is 0.881. The molecular formula is C12H12Cl2N4. The standard InChI is InChI=1S/C12H12Cl2N4/c1-6-7(2)16-12(15)18-11(6)17-10-4-8(13)3-9(14)5-10/h3-5H,1-2H3,(H3,15,16,17,18). The number of nitrogens with two attached hydrogens (primary N) is 1. The van der Waals surface area contributed by atoms with E-state index in [1.807, 2.05) is 13.8 Å². The fourth-order valence-electron chi connectivity index (χ4n) is 1.53. The van der Waals surface area contributed by atoms with Crippen molar-refractivity contribution in [3.63, 3.8) is 0 Å². The van der Waals surface area contributed by atoms with Crippen LogP contribution >= 0.6 is 23.2 Å². The van der Waals surface area contributed by atoms with E-state index in [2.05, 4.69) is 15.3 Å². The second kappa shape index (κ2) is 5.00. The summed E-state index contributed by atoms with van der Waals surface area (Å²) in [5.41, 5.74) is 8.15. The Morgan fingerprint density at radius 2 is 1.67 bits per heavy atom. The van der Waals surface area contributed by atoms with Gasteiger partial charge in [-0.1, -0.05) is 23.2 Å². The van der Waals surface area contributed by atoms with Gasteiger partial charge in [0.25, 0.3) is 0 Å². The molecule has 0 spiro atoms. The van der Waals surface area contributed by atoms with Crippen molar-refractivity contribution in [2.75, 3.05) is 11.1 Å². The Hall–Kier alpha value is -1.52. The van der Waals surface area contributed by atoms with E-state index in [9.17, 15) is 0 Å². The van der Waals surface area contributed by atoms with Crippen LogP contribution in [0, 0.1) is 13.8 Å². The molecule has 18 heavy (non-hydrogen) atoms. The van der Waals surface area contributed by atoms with Crippen LogP contribution in [0.25, 0.3) is 0 Å². The number of nitrogens with zero attached hydrogens (tertiary/aromatic N) is 2. The molecule has 0 amide bonds. The fraction of sp³-hybridized carbons (Fsp3) is 0.167. The molecule has 1 heterocycles. The SMILES string of the molecule is Cc1nc(N)nc(Nc2cc(Cl)cc(Cl)c2)c1C. The highest BCUT2D eigenvalue weighted by molar-refractivity contribution is 6.35. The minimum atomic E-state index is 0.230. The van der Waals surface area contributed by atoms with Gasteiger partial charge in [-0.2, -0.15) is 4.98 Å². The van der Waals surface area contributed by atoms with Crippen LogP contribution in [0.3, 0.4) is 0 Å². The van der Waals surface area contributed by atoms with Crippen molar-refractivity contribution in [2.24, 2.45) is 0 Å². The van der Waals surface area contributed by atoms with Crippen LogP contribution in [-0.4, -0.2) is 9.97 Å². The van der Waals surface area contributed by atoms with Crippen molar-refractivity contribution in [1.29, 1.82) is 0 Å². The van der Waals surface area contributed by atoms with Gasteiger partial charge in [0.1, 0.15) is 5.82 Å². The number of nitrogens with one attached hydrogen (secondary N) is 1. The van der Waals surface area contributed by atoms with E-state index >= 15 is 0 Å². The van der Waals surface area contributed by atoms with Gasteiger partial charge >= 0.3 is 0 Å². The highest BCUT2D eigenvalue weighted by Gasteiger charge is 2.07. The zero-order valence-corrected chi connectivity index (χ0v) is 11.5. The number of anilines is 3. The molecule has 2 aromatic rings. The summed E-state index contributed by atoms with van der Waals surface area (Å²) in [6.07, 6.45) is 0. The lowest BCUT2D eigenvalue weighted by Gasteiger charge is -2.11. The zero-order valence-electron chi connectivity index (χ0n) is 9.96. The van der Waals surface area contributed by atoms with E-state index < -0.39 is 0 Å². The Bertz CT molecular complexity index is 579. The third-order valence-electron chi connectivity index (χ3n) is 2.53. The number of rotatable bonds is 2. The van der Waals surface area contributed by atoms with Gasteiger partial charge < -0.3 is 11.1 Å². The lowest BCUT2D eigenvalue weighted by Crippen LogP contribution is -2.04. The maximum Gasteiger partial charge on any atom is 0.222 e. The Kier molecular flexibility index (Phi) is 3.59. The molecule has 1 aromatic heterocycles. The first-order valence-electron chi connectivity index (χ1n) is 5.29. The number of halogens is 2. The van der Waals surface area contributed by atoms with Crippen molar-refractivity contribution >= 4 is 40.7 Å². The molecule has 0 atom stereocenters. The number of hydrogen-bond donors (Lipinski definition) is 2. The van der Waals surface area contributed by atoms with Crippen molar-refractivity contribution in [3.8, 4) is 0 Å². The summed E-state index contributed by atoms with van der Waals surface area (Å²) in [6, 6.07) is 5.20. The first-order chi connectivity index (χ1) is 8.45. The van der Waals surface area contributed by atoms with E-state index in [4.69, 9.17) is 28.9 Å². The summed E-state index contributed by atoms with van der Waals surface area (Å²) < 4.78 is 0. The van der Waals surface area contributed by atoms with Crippen LogP contribution in [0.15, 0.2) is 18.2 Å². The van der Waals surface area contributed by atoms with Crippen LogP contribution in [-0.2, 0) is 0 Å². The van der Waals surface area contributed by atoms with Crippen LogP contribution in [0.1, 0.15) is 11.3 Å². The molecule has 1 aromatic carbocycles. The van der Waals surface area contributed by atoms with Gasteiger partial charge in [-0.3, -0.25) is 0 Å². The zero-order chi connectivity index (χ0) is 13.3. The number of benzene rings is 1. The highest BCUT2D eigenvalue weighted by Crippen LogP contribution is 2.26. The normalized spacial score (nSPS) is 10.4. The monoisotopic (exact) mass is 282 g/mol. The summed E-state index contributed by atoms with van der Waals surface area (Å²) in [5.74, 6) is 0.882. The Morgan fingerprint density at radius 3 is 2.28 bits per heavy atom. The molecule has 4 nitrogen and oxygen atoms in total. The maximum absolute atomic E-state index is 5.94. The first-order valence-corrected chi connectivity index (χ1v) is 6.05. The average molecular weight is 283 g/mol. The van der Waals surface area contributed by atoms with Gasteiger partial charge in [-0.15, -0.1) is 0 Å². The van der Waals surface area contributed by atoms with Crippen LogP contribution < -0.4 is 11.1 Å². The number of aryl methyl sites for hydroxylation is 1. The van der Waals surface area contributed by atoms with Gasteiger partial charge in [-0.05, 0) is 32.0 Å². The maximum atomic E-state index is 5.94. The summed E-state index contributed by atoms with van der Waals surface area (Å²) in [7, 11) is 0. The van der Waals surface area contributed by atoms with Gasteiger partial charge in [0.15, 0.2) is 0 Å². The molecule has 0 fully saturated rings. The van der Waals surface area contributed by atoms with Gasteiger partial charge in [0, 0.05) is 27.0 Å². The molecule has 0 radical (unpaired) electrons. The number of nitrogen functional groups attached to an aromatic ring is 1. The third-order valence-corrected chi connectivity index (χ3v) is 2.97. The molecule has 94 valence electrons. The average Bonchev–Trinajstić information content (AvgIpc) is 2.23. The molecule has 0 saturated heterocycles. The second-order valence-electron chi connectivity index (χ2n) is 3.92. The lowest BCUT2D eigenvalue weighted by molar-refractivity contribution is 1.08. The molecule has 0 saturated carbocycles. The van der Waals surface area contributed by atoms with E-state index in [-0.39, 0.29) is 5.95 Å². The topological polar surface area (TPSA) is 63.8 Å². The molecule has 3 N–H and O–H groups in total. The van der Waals surface area contributed by atoms with E-state index in [0.29, 0.717) is 15.9 Å². The Morgan fingerprint density at radius 1 is 1.06 bits per heavy atom. The van der Waals surface area contributed by atoms with Gasteiger partial charge in [0.05, 0.1) is 0 Å². The summed E-state index contributed by atoms with van der Waals surface area (Å²) in [4.78, 5) is 8.24. The van der Waals surface area contributed by atoms with Crippen LogP contribution in [0.5, 0.6) is 0 Å². The van der Waals surface area contributed by atoms with E-state index in [1.54, 1.807) is 18.2 Å². The lowest BCUT2D eigenvalue weighted by atomic mass is 10.2. The third kappa shape index (κ3) is 2.83. The molecule has 0 aliphatic carbocycles. The smallest absolute Gasteiger partial charge is 0.222 e. The molecule has 2 rings (SSSR count). The fourth-order valence-corrected chi connectivity index (χ4v) is 2.06. The Balaban J connectivity index is 2.39. The summed E-state index contributed by atoms with van der Waals surface area (Å²) in [5, 5.41) is 4.25. The number of hydrogen-bond acceptors (Lipinski definition) is 4. The summed E-state index contributed by atoms with van der Waals surface area (Å²) >= 11 is 11.9. The van der Waals surface area contributed by atoms with Crippen molar-refractivity contribution in [3.05, 3.63) is 39.5 Å². The van der Waals surface area contributed by atoms with Gasteiger partial charge in [0.2, 0.25) is 5.95 Å². The molecule has 0 aliphatic rings. The summed E-state index contributed by atoms with van der Waals surface area (Å²) in [6.45, 7) is 3.80. The second-order valence-corrected chi connectivity index (χ2v) is 4.80. The highest BCUT2D eigenvalue weighted by atomic mass is 35.5. The predicted molar refractivity (Wildman–Crippen MR) is 75.7 cm³/mol. The minimum Gasteiger partial charge on any atom is -0.368 e. The van der Waals surface area contributed by atoms with Gasteiger partial charge in [-0.25, -0.2) is 4.98 Å². The van der Waals surface area contributed by atoms with Crippen LogP contribution in [0.2, 0.25) is 10.0 Å². The Labute approximate surface area is 115 Å². The minimum absolute atomic E-state index is 0.230. The molecule has 6 heteroatoms. The van der Waals surface area contributed by atoms with Crippen molar-refractivity contribution < 1.29 is 0 Å². The van der Waals surface area contributed by atoms with Crippen molar-refractivity contribution in [1.82, 2.24) is 9.97 Å². The predicted octanol–water partition coefficient (Wildman–Crippen LogP) is 3.73. The first kappa shape index (κ1) is 12.9. The van der Waals surface area contributed by atoms with E-state index in [0.717, 1.165) is 16.9 Å².